The Hall–Kier alpha value is -2.14. The molecule has 1 fully saturated rings. The molecular weight excluding hydrogens is 290 g/mol. The summed E-state index contributed by atoms with van der Waals surface area (Å²) < 4.78 is 11.9. The molecule has 23 heavy (non-hydrogen) atoms. The molecular formula is C18H21N3O2. The molecule has 1 saturated heterocycles. The number of hydrogen-bond acceptors (Lipinski definition) is 5. The Kier molecular flexibility index (Phi) is 3.45. The second-order valence-corrected chi connectivity index (χ2v) is 6.26. The molecule has 3 heterocycles. The predicted octanol–water partition coefficient (Wildman–Crippen LogP) is 3.55. The van der Waals surface area contributed by atoms with Crippen molar-refractivity contribution in [2.24, 2.45) is 0 Å². The van der Waals surface area contributed by atoms with Crippen LogP contribution in [0, 0.1) is 0 Å². The van der Waals surface area contributed by atoms with Gasteiger partial charge in [0.25, 0.3) is 0 Å². The summed E-state index contributed by atoms with van der Waals surface area (Å²) in [4.78, 5) is 11.8. The van der Waals surface area contributed by atoms with Crippen molar-refractivity contribution in [2.45, 2.75) is 39.4 Å². The Morgan fingerprint density at radius 2 is 1.87 bits per heavy atom. The second-order valence-electron chi connectivity index (χ2n) is 6.26. The number of anilines is 1. The summed E-state index contributed by atoms with van der Waals surface area (Å²) in [6.45, 7) is 7.91. The smallest absolute Gasteiger partial charge is 0.196 e. The monoisotopic (exact) mass is 311 g/mol. The lowest BCUT2D eigenvalue weighted by Crippen LogP contribution is -2.46. The van der Waals surface area contributed by atoms with Crippen molar-refractivity contribution in [1.82, 2.24) is 9.97 Å². The van der Waals surface area contributed by atoms with Crippen LogP contribution in [0.5, 0.6) is 0 Å². The lowest BCUT2D eigenvalue weighted by atomic mass is 10.2. The third kappa shape index (κ3) is 2.45. The molecule has 5 nitrogen and oxygen atoms in total. The summed E-state index contributed by atoms with van der Waals surface area (Å²) >= 11 is 0. The zero-order chi connectivity index (χ0) is 16.0. The predicted molar refractivity (Wildman–Crippen MR) is 90.9 cm³/mol. The van der Waals surface area contributed by atoms with Gasteiger partial charge >= 0.3 is 0 Å². The van der Waals surface area contributed by atoms with Crippen LogP contribution in [0.1, 0.15) is 26.6 Å². The van der Waals surface area contributed by atoms with Crippen LogP contribution in [0.4, 0.5) is 5.82 Å². The summed E-state index contributed by atoms with van der Waals surface area (Å²) in [5.74, 6) is 1.75. The summed E-state index contributed by atoms with van der Waals surface area (Å²) in [7, 11) is 0. The average molecular weight is 311 g/mol. The third-order valence-electron chi connectivity index (χ3n) is 4.28. The molecule has 0 saturated carbocycles. The maximum absolute atomic E-state index is 6.10. The number of hydrogen-bond donors (Lipinski definition) is 0. The number of morpholine rings is 1. The first-order valence-corrected chi connectivity index (χ1v) is 8.24. The minimum Gasteiger partial charge on any atom is -0.450 e. The Balaban J connectivity index is 1.94. The van der Waals surface area contributed by atoms with Crippen LogP contribution < -0.4 is 4.90 Å². The Labute approximate surface area is 135 Å². The molecule has 1 aliphatic rings. The van der Waals surface area contributed by atoms with Crippen LogP contribution in [0.3, 0.4) is 0 Å². The van der Waals surface area contributed by atoms with Gasteiger partial charge in [-0.3, -0.25) is 0 Å². The molecule has 3 aromatic rings. The van der Waals surface area contributed by atoms with E-state index in [4.69, 9.17) is 19.1 Å². The number of rotatable bonds is 2. The van der Waals surface area contributed by atoms with Gasteiger partial charge in [0.15, 0.2) is 11.4 Å². The van der Waals surface area contributed by atoms with Crippen LogP contribution in [-0.2, 0) is 11.2 Å². The molecule has 0 amide bonds. The lowest BCUT2D eigenvalue weighted by molar-refractivity contribution is -0.00542. The number of benzene rings is 1. The van der Waals surface area contributed by atoms with Gasteiger partial charge in [0.2, 0.25) is 0 Å². The summed E-state index contributed by atoms with van der Waals surface area (Å²) in [6, 6.07) is 8.04. The first-order valence-electron chi connectivity index (χ1n) is 8.24. The molecule has 2 aromatic heterocycles. The van der Waals surface area contributed by atoms with Crippen molar-refractivity contribution in [3.05, 3.63) is 30.1 Å². The van der Waals surface area contributed by atoms with Gasteiger partial charge in [-0.25, -0.2) is 9.97 Å². The fraction of sp³-hybridized carbons (Fsp3) is 0.444. The third-order valence-corrected chi connectivity index (χ3v) is 4.28. The Morgan fingerprint density at radius 1 is 1.13 bits per heavy atom. The average Bonchev–Trinajstić information content (AvgIpc) is 2.91. The Bertz CT molecular complexity index is 848. The molecule has 5 heteroatoms. The second kappa shape index (κ2) is 5.49. The molecule has 120 valence electrons. The van der Waals surface area contributed by atoms with Crippen molar-refractivity contribution in [3.8, 4) is 0 Å². The topological polar surface area (TPSA) is 51.4 Å². The molecule has 2 atom stereocenters. The molecule has 0 radical (unpaired) electrons. The van der Waals surface area contributed by atoms with E-state index in [1.54, 1.807) is 0 Å². The SMILES string of the molecule is CCc1nc(N2CC(C)OC(C)C2)c2oc3ccccc3c2n1. The van der Waals surface area contributed by atoms with Gasteiger partial charge in [0.05, 0.1) is 12.2 Å². The van der Waals surface area contributed by atoms with E-state index in [9.17, 15) is 0 Å². The van der Waals surface area contributed by atoms with E-state index in [0.29, 0.717) is 0 Å². The van der Waals surface area contributed by atoms with Gasteiger partial charge in [-0.1, -0.05) is 19.1 Å². The van der Waals surface area contributed by atoms with E-state index < -0.39 is 0 Å². The zero-order valence-electron chi connectivity index (χ0n) is 13.7. The maximum Gasteiger partial charge on any atom is 0.196 e. The molecule has 4 rings (SSSR count). The number of fused-ring (bicyclic) bond motifs is 3. The van der Waals surface area contributed by atoms with Gasteiger partial charge in [-0.2, -0.15) is 0 Å². The fourth-order valence-electron chi connectivity index (χ4n) is 3.34. The molecule has 0 aliphatic carbocycles. The van der Waals surface area contributed by atoms with Crippen LogP contribution >= 0.6 is 0 Å². The minimum atomic E-state index is 0.179. The zero-order valence-corrected chi connectivity index (χ0v) is 13.7. The van der Waals surface area contributed by atoms with Crippen molar-refractivity contribution in [2.75, 3.05) is 18.0 Å². The van der Waals surface area contributed by atoms with E-state index in [1.165, 1.54) is 0 Å². The number of nitrogens with zero attached hydrogens (tertiary/aromatic N) is 3. The van der Waals surface area contributed by atoms with Gasteiger partial charge in [-0.15, -0.1) is 0 Å². The van der Waals surface area contributed by atoms with Crippen molar-refractivity contribution < 1.29 is 9.15 Å². The highest BCUT2D eigenvalue weighted by Gasteiger charge is 2.27. The number of ether oxygens (including phenoxy) is 1. The van der Waals surface area contributed by atoms with E-state index in [1.807, 2.05) is 18.2 Å². The van der Waals surface area contributed by atoms with Crippen LogP contribution in [0.2, 0.25) is 0 Å². The Morgan fingerprint density at radius 3 is 2.61 bits per heavy atom. The van der Waals surface area contributed by atoms with Crippen LogP contribution in [-0.4, -0.2) is 35.3 Å². The summed E-state index contributed by atoms with van der Waals surface area (Å²) in [6.07, 6.45) is 1.16. The van der Waals surface area contributed by atoms with Crippen molar-refractivity contribution >= 4 is 27.9 Å². The largest absolute Gasteiger partial charge is 0.450 e. The minimum absolute atomic E-state index is 0.179. The quantitative estimate of drug-likeness (QED) is 0.724. The highest BCUT2D eigenvalue weighted by atomic mass is 16.5. The number of aryl methyl sites for hydroxylation is 1. The molecule has 2 unspecified atom stereocenters. The van der Waals surface area contributed by atoms with Gasteiger partial charge in [0, 0.05) is 24.9 Å². The van der Waals surface area contributed by atoms with Crippen molar-refractivity contribution in [3.63, 3.8) is 0 Å². The fourth-order valence-corrected chi connectivity index (χ4v) is 3.34. The van der Waals surface area contributed by atoms with Gasteiger partial charge in [0.1, 0.15) is 16.9 Å². The first-order chi connectivity index (χ1) is 11.2. The summed E-state index contributed by atoms with van der Waals surface area (Å²) in [5, 5.41) is 1.05. The van der Waals surface area contributed by atoms with Gasteiger partial charge < -0.3 is 14.1 Å². The highest BCUT2D eigenvalue weighted by Crippen LogP contribution is 2.34. The molecule has 0 spiro atoms. The lowest BCUT2D eigenvalue weighted by Gasteiger charge is -2.36. The standard InChI is InChI=1S/C18H21N3O2/c1-4-15-19-16-13-7-5-6-8-14(13)23-17(16)18(20-15)21-9-11(2)22-12(3)10-21/h5-8,11-12H,4,9-10H2,1-3H3. The van der Waals surface area contributed by atoms with E-state index in [2.05, 4.69) is 31.7 Å². The number of aromatic nitrogens is 2. The van der Waals surface area contributed by atoms with Crippen LogP contribution in [0.15, 0.2) is 28.7 Å². The van der Waals surface area contributed by atoms with E-state index in [0.717, 1.165) is 53.2 Å². The van der Waals surface area contributed by atoms with E-state index in [-0.39, 0.29) is 12.2 Å². The first kappa shape index (κ1) is 14.5. The van der Waals surface area contributed by atoms with Crippen molar-refractivity contribution in [1.29, 1.82) is 0 Å². The number of para-hydroxylation sites is 1. The maximum atomic E-state index is 6.10. The summed E-state index contributed by atoms with van der Waals surface area (Å²) in [5.41, 5.74) is 2.56. The number of furan rings is 1. The normalized spacial score (nSPS) is 22.1. The molecule has 1 aromatic carbocycles. The molecule has 0 bridgehead atoms. The molecule has 1 aliphatic heterocycles. The van der Waals surface area contributed by atoms with E-state index >= 15 is 0 Å². The molecule has 0 N–H and O–H groups in total. The van der Waals surface area contributed by atoms with Gasteiger partial charge in [-0.05, 0) is 26.0 Å². The van der Waals surface area contributed by atoms with Crippen LogP contribution in [0.25, 0.3) is 22.1 Å². The highest BCUT2D eigenvalue weighted by molar-refractivity contribution is 6.05.